The van der Waals surface area contributed by atoms with Gasteiger partial charge in [0.2, 0.25) is 0 Å². The molecule has 20 heavy (non-hydrogen) atoms. The van der Waals surface area contributed by atoms with Crippen LogP contribution in [-0.4, -0.2) is 0 Å². The first-order valence-electron chi connectivity index (χ1n) is 6.10. The van der Waals surface area contributed by atoms with Gasteiger partial charge < -0.3 is 5.32 Å². The van der Waals surface area contributed by atoms with E-state index in [2.05, 4.69) is 5.32 Å². The average molecular weight is 333 g/mol. The quantitative estimate of drug-likeness (QED) is 0.715. The van der Waals surface area contributed by atoms with E-state index in [0.29, 0.717) is 22.2 Å². The summed E-state index contributed by atoms with van der Waals surface area (Å²) in [5, 5.41) is 4.47. The van der Waals surface area contributed by atoms with E-state index in [0.717, 1.165) is 5.56 Å². The van der Waals surface area contributed by atoms with Crippen LogP contribution < -0.4 is 5.32 Å². The van der Waals surface area contributed by atoms with Crippen LogP contribution in [0.25, 0.3) is 0 Å². The molecule has 1 unspecified atom stereocenters. The fourth-order valence-electron chi connectivity index (χ4n) is 1.91. The molecule has 0 fully saturated rings. The van der Waals surface area contributed by atoms with Crippen molar-refractivity contribution in [1.29, 1.82) is 0 Å². The molecule has 0 aliphatic heterocycles. The highest BCUT2D eigenvalue weighted by Crippen LogP contribution is 2.32. The van der Waals surface area contributed by atoms with Gasteiger partial charge in [-0.05, 0) is 36.8 Å². The Bertz CT molecular complexity index is 599. The van der Waals surface area contributed by atoms with Crippen molar-refractivity contribution in [3.63, 3.8) is 0 Å². The molecule has 106 valence electrons. The van der Waals surface area contributed by atoms with Crippen molar-refractivity contribution in [2.24, 2.45) is 0 Å². The molecule has 0 heterocycles. The zero-order chi connectivity index (χ0) is 14.7. The SMILES string of the molecule is CC(NCc1ccc(Cl)cc1)c1c(Cl)ccc(F)c1Cl. The summed E-state index contributed by atoms with van der Waals surface area (Å²) >= 11 is 17.9. The first-order valence-corrected chi connectivity index (χ1v) is 7.23. The Kier molecular flexibility index (Phi) is 5.28. The number of halogens is 4. The van der Waals surface area contributed by atoms with Crippen molar-refractivity contribution in [3.8, 4) is 0 Å². The summed E-state index contributed by atoms with van der Waals surface area (Å²) in [6.07, 6.45) is 0. The van der Waals surface area contributed by atoms with Gasteiger partial charge in [-0.2, -0.15) is 0 Å². The van der Waals surface area contributed by atoms with Gasteiger partial charge in [-0.1, -0.05) is 46.9 Å². The van der Waals surface area contributed by atoms with Crippen molar-refractivity contribution in [2.45, 2.75) is 19.5 Å². The smallest absolute Gasteiger partial charge is 0.142 e. The minimum atomic E-state index is -0.466. The van der Waals surface area contributed by atoms with Gasteiger partial charge in [-0.15, -0.1) is 0 Å². The minimum absolute atomic E-state index is 0.0635. The molecule has 0 amide bonds. The van der Waals surface area contributed by atoms with Gasteiger partial charge in [0.15, 0.2) is 0 Å². The molecular weight excluding hydrogens is 320 g/mol. The molecule has 1 nitrogen and oxygen atoms in total. The van der Waals surface area contributed by atoms with Crippen molar-refractivity contribution >= 4 is 34.8 Å². The highest BCUT2D eigenvalue weighted by molar-refractivity contribution is 6.36. The van der Waals surface area contributed by atoms with Crippen LogP contribution in [0, 0.1) is 5.82 Å². The highest BCUT2D eigenvalue weighted by Gasteiger charge is 2.16. The maximum absolute atomic E-state index is 13.5. The lowest BCUT2D eigenvalue weighted by molar-refractivity contribution is 0.565. The average Bonchev–Trinajstić information content (AvgIpc) is 2.43. The number of rotatable bonds is 4. The van der Waals surface area contributed by atoms with Gasteiger partial charge in [-0.25, -0.2) is 4.39 Å². The zero-order valence-corrected chi connectivity index (χ0v) is 13.0. The Hall–Kier alpha value is -0.800. The maximum atomic E-state index is 13.5. The van der Waals surface area contributed by atoms with E-state index in [9.17, 15) is 4.39 Å². The summed E-state index contributed by atoms with van der Waals surface area (Å²) < 4.78 is 13.5. The fraction of sp³-hybridized carbons (Fsp3) is 0.200. The summed E-state index contributed by atoms with van der Waals surface area (Å²) in [5.74, 6) is -0.466. The summed E-state index contributed by atoms with van der Waals surface area (Å²) in [6, 6.07) is 10.1. The highest BCUT2D eigenvalue weighted by atomic mass is 35.5. The van der Waals surface area contributed by atoms with Crippen molar-refractivity contribution in [3.05, 3.63) is 68.4 Å². The van der Waals surface area contributed by atoms with E-state index in [-0.39, 0.29) is 11.1 Å². The summed E-state index contributed by atoms with van der Waals surface area (Å²) in [4.78, 5) is 0. The molecule has 2 rings (SSSR count). The summed E-state index contributed by atoms with van der Waals surface area (Å²) in [7, 11) is 0. The second-order valence-electron chi connectivity index (χ2n) is 4.49. The monoisotopic (exact) mass is 331 g/mol. The first-order chi connectivity index (χ1) is 9.49. The van der Waals surface area contributed by atoms with E-state index >= 15 is 0 Å². The van der Waals surface area contributed by atoms with Crippen LogP contribution in [0.1, 0.15) is 24.1 Å². The lowest BCUT2D eigenvalue weighted by Gasteiger charge is -2.17. The lowest BCUT2D eigenvalue weighted by Crippen LogP contribution is -2.19. The molecule has 0 radical (unpaired) electrons. The normalized spacial score (nSPS) is 12.4. The molecule has 2 aromatic carbocycles. The van der Waals surface area contributed by atoms with Gasteiger partial charge in [0.25, 0.3) is 0 Å². The predicted molar refractivity (Wildman–Crippen MR) is 83.1 cm³/mol. The summed E-state index contributed by atoms with van der Waals surface area (Å²) in [6.45, 7) is 2.50. The standard InChI is InChI=1S/C15H13Cl3FN/c1-9(14-12(17)6-7-13(19)15(14)18)20-8-10-2-4-11(16)5-3-10/h2-7,9,20H,8H2,1H3. The maximum Gasteiger partial charge on any atom is 0.142 e. The third-order valence-corrected chi connectivity index (χ3v) is 4.00. The van der Waals surface area contributed by atoms with E-state index in [1.807, 2.05) is 31.2 Å². The van der Waals surface area contributed by atoms with E-state index in [4.69, 9.17) is 34.8 Å². The van der Waals surface area contributed by atoms with Crippen molar-refractivity contribution < 1.29 is 4.39 Å². The lowest BCUT2D eigenvalue weighted by atomic mass is 10.1. The van der Waals surface area contributed by atoms with Crippen LogP contribution in [0.3, 0.4) is 0 Å². The topological polar surface area (TPSA) is 12.0 Å². The number of benzene rings is 2. The van der Waals surface area contributed by atoms with Gasteiger partial charge in [0.1, 0.15) is 5.82 Å². The van der Waals surface area contributed by atoms with Crippen molar-refractivity contribution in [2.75, 3.05) is 0 Å². The molecule has 2 aromatic rings. The molecule has 1 atom stereocenters. The van der Waals surface area contributed by atoms with E-state index < -0.39 is 5.82 Å². The molecule has 0 saturated carbocycles. The second kappa shape index (κ2) is 6.77. The molecule has 0 spiro atoms. The van der Waals surface area contributed by atoms with Crippen LogP contribution in [0.15, 0.2) is 36.4 Å². The molecule has 5 heteroatoms. The zero-order valence-electron chi connectivity index (χ0n) is 10.8. The second-order valence-corrected chi connectivity index (χ2v) is 5.71. The van der Waals surface area contributed by atoms with E-state index in [1.165, 1.54) is 12.1 Å². The molecular formula is C15H13Cl3FN. The predicted octanol–water partition coefficient (Wildman–Crippen LogP) is 5.64. The Morgan fingerprint density at radius 3 is 2.35 bits per heavy atom. The Morgan fingerprint density at radius 1 is 1.05 bits per heavy atom. The van der Waals surface area contributed by atoms with Crippen LogP contribution >= 0.6 is 34.8 Å². The van der Waals surface area contributed by atoms with Gasteiger partial charge >= 0.3 is 0 Å². The van der Waals surface area contributed by atoms with Crippen LogP contribution in [-0.2, 0) is 6.54 Å². The van der Waals surface area contributed by atoms with Gasteiger partial charge in [-0.3, -0.25) is 0 Å². The largest absolute Gasteiger partial charge is 0.306 e. The Morgan fingerprint density at radius 2 is 1.70 bits per heavy atom. The fourth-order valence-corrected chi connectivity index (χ4v) is 2.74. The first kappa shape index (κ1) is 15.6. The molecule has 0 aliphatic rings. The third-order valence-electron chi connectivity index (χ3n) is 3.04. The third kappa shape index (κ3) is 3.64. The molecule has 0 aliphatic carbocycles. The molecule has 0 bridgehead atoms. The minimum Gasteiger partial charge on any atom is -0.306 e. The van der Waals surface area contributed by atoms with Gasteiger partial charge in [0.05, 0.1) is 5.02 Å². The number of nitrogens with one attached hydrogen (secondary N) is 1. The Balaban J connectivity index is 2.11. The van der Waals surface area contributed by atoms with Crippen LogP contribution in [0.5, 0.6) is 0 Å². The molecule has 0 aromatic heterocycles. The van der Waals surface area contributed by atoms with Gasteiger partial charge in [0, 0.05) is 28.2 Å². The number of hydrogen-bond donors (Lipinski definition) is 1. The number of hydrogen-bond acceptors (Lipinski definition) is 1. The van der Waals surface area contributed by atoms with E-state index in [1.54, 1.807) is 0 Å². The van der Waals surface area contributed by atoms with Crippen LogP contribution in [0.2, 0.25) is 15.1 Å². The molecule has 1 N–H and O–H groups in total. The summed E-state index contributed by atoms with van der Waals surface area (Å²) in [5.41, 5.74) is 1.65. The van der Waals surface area contributed by atoms with Crippen molar-refractivity contribution in [1.82, 2.24) is 5.32 Å². The Labute approximate surface area is 132 Å². The van der Waals surface area contributed by atoms with Crippen LogP contribution in [0.4, 0.5) is 4.39 Å². The molecule has 0 saturated heterocycles.